The molecule has 0 radical (unpaired) electrons. The average Bonchev–Trinajstić information content (AvgIpc) is 3.14. The lowest BCUT2D eigenvalue weighted by molar-refractivity contribution is -0.0777. The highest BCUT2D eigenvalue weighted by Gasteiger charge is 2.35. The molecule has 1 aromatic heterocycles. The molecule has 1 aromatic carbocycles. The zero-order chi connectivity index (χ0) is 24.9. The number of benzene rings is 1. The Morgan fingerprint density at radius 2 is 2.09 bits per heavy atom. The average molecular weight is 501 g/mol. The van der Waals surface area contributed by atoms with Gasteiger partial charge in [-0.3, -0.25) is 4.79 Å². The first kappa shape index (κ1) is 26.0. The number of nitrogens with one attached hydrogen (secondary N) is 2. The number of amides is 1. The molecule has 2 N–H and O–H groups in total. The Morgan fingerprint density at radius 3 is 2.79 bits per heavy atom. The van der Waals surface area contributed by atoms with Gasteiger partial charge in [-0.05, 0) is 44.0 Å². The van der Waals surface area contributed by atoms with Crippen molar-refractivity contribution in [1.82, 2.24) is 14.0 Å². The maximum atomic E-state index is 13.7. The molecular weight excluding hydrogens is 471 g/mol. The molecule has 2 atom stereocenters. The molecule has 188 valence electrons. The second-order valence-electron chi connectivity index (χ2n) is 7.72. The standard InChI is InChI=1S/C21H29FN4O7S/c1-5-31-12-19-18(30-4)10-26(6-7-32-19)34(28,29)25-20(27)17-11-33-21(24-17)23-16-9-13(2)15(22)8-14(16)3/h8-9,11,18-19H,5-7,10,12H2,1-4H3,(H,23,24)(H,25,27)/t18-,19+/m0/s1. The fourth-order valence-corrected chi connectivity index (χ4v) is 4.48. The zero-order valence-electron chi connectivity index (χ0n) is 19.5. The van der Waals surface area contributed by atoms with Gasteiger partial charge in [-0.15, -0.1) is 0 Å². The lowest BCUT2D eigenvalue weighted by atomic mass is 10.1. The van der Waals surface area contributed by atoms with E-state index in [9.17, 15) is 17.6 Å². The van der Waals surface area contributed by atoms with Crippen molar-refractivity contribution in [2.24, 2.45) is 0 Å². The van der Waals surface area contributed by atoms with Crippen LogP contribution in [0.25, 0.3) is 0 Å². The third kappa shape index (κ3) is 6.30. The minimum atomic E-state index is -4.22. The molecule has 3 rings (SSSR count). The topological polar surface area (TPSA) is 132 Å². The quantitative estimate of drug-likeness (QED) is 0.530. The summed E-state index contributed by atoms with van der Waals surface area (Å²) < 4.78 is 64.2. The van der Waals surface area contributed by atoms with Crippen LogP contribution in [-0.2, 0) is 24.4 Å². The predicted octanol–water partition coefficient (Wildman–Crippen LogP) is 1.90. The van der Waals surface area contributed by atoms with Gasteiger partial charge in [0.25, 0.3) is 11.9 Å². The van der Waals surface area contributed by atoms with Gasteiger partial charge >= 0.3 is 10.2 Å². The summed E-state index contributed by atoms with van der Waals surface area (Å²) in [5, 5.41) is 2.86. The highest BCUT2D eigenvalue weighted by Crippen LogP contribution is 2.23. The van der Waals surface area contributed by atoms with Crippen LogP contribution in [0.4, 0.5) is 16.1 Å². The first-order valence-corrected chi connectivity index (χ1v) is 12.1. The molecule has 2 heterocycles. The van der Waals surface area contributed by atoms with Gasteiger partial charge in [-0.2, -0.15) is 17.7 Å². The summed E-state index contributed by atoms with van der Waals surface area (Å²) in [5.74, 6) is -1.31. The van der Waals surface area contributed by atoms with Crippen molar-refractivity contribution in [3.63, 3.8) is 0 Å². The molecule has 0 spiro atoms. The van der Waals surface area contributed by atoms with Crippen LogP contribution in [0.5, 0.6) is 0 Å². The van der Waals surface area contributed by atoms with E-state index in [-0.39, 0.29) is 43.8 Å². The first-order chi connectivity index (χ1) is 16.1. The van der Waals surface area contributed by atoms with E-state index in [1.165, 1.54) is 13.2 Å². The summed E-state index contributed by atoms with van der Waals surface area (Å²) in [6, 6.07) is 2.89. The zero-order valence-corrected chi connectivity index (χ0v) is 20.3. The van der Waals surface area contributed by atoms with Crippen molar-refractivity contribution in [3.05, 3.63) is 41.0 Å². The summed E-state index contributed by atoms with van der Waals surface area (Å²) in [5.41, 5.74) is 1.32. The fourth-order valence-electron chi connectivity index (χ4n) is 3.36. The smallest absolute Gasteiger partial charge is 0.304 e. The summed E-state index contributed by atoms with van der Waals surface area (Å²) >= 11 is 0. The number of aromatic nitrogens is 1. The number of anilines is 2. The fraction of sp³-hybridized carbons (Fsp3) is 0.524. The summed E-state index contributed by atoms with van der Waals surface area (Å²) in [7, 11) is -2.76. The number of oxazole rings is 1. The van der Waals surface area contributed by atoms with Crippen molar-refractivity contribution in [3.8, 4) is 0 Å². The number of nitrogens with zero attached hydrogens (tertiary/aromatic N) is 2. The molecule has 1 saturated heterocycles. The van der Waals surface area contributed by atoms with Crippen molar-refractivity contribution in [1.29, 1.82) is 0 Å². The summed E-state index contributed by atoms with van der Waals surface area (Å²) in [6.45, 7) is 6.02. The third-order valence-electron chi connectivity index (χ3n) is 5.31. The monoisotopic (exact) mass is 500 g/mol. The molecule has 1 fully saturated rings. The number of hydrogen-bond acceptors (Lipinski definition) is 9. The number of halogens is 1. The molecule has 11 nitrogen and oxygen atoms in total. The van der Waals surface area contributed by atoms with E-state index in [0.29, 0.717) is 23.4 Å². The lowest BCUT2D eigenvalue weighted by Crippen LogP contribution is -2.48. The first-order valence-electron chi connectivity index (χ1n) is 10.7. The third-order valence-corrected chi connectivity index (χ3v) is 6.76. The van der Waals surface area contributed by atoms with Crippen molar-refractivity contribution < 1.29 is 36.2 Å². The van der Waals surface area contributed by atoms with E-state index in [4.69, 9.17) is 18.6 Å². The molecule has 1 aliphatic rings. The Balaban J connectivity index is 1.67. The van der Waals surface area contributed by atoms with Crippen molar-refractivity contribution >= 4 is 27.8 Å². The van der Waals surface area contributed by atoms with Crippen molar-refractivity contribution in [2.75, 3.05) is 45.3 Å². The normalized spacial score (nSPS) is 19.6. The van der Waals surface area contributed by atoms with Crippen LogP contribution in [0.15, 0.2) is 22.8 Å². The van der Waals surface area contributed by atoms with Crippen LogP contribution < -0.4 is 10.0 Å². The molecular formula is C21H29FN4O7S. The molecule has 0 unspecified atom stereocenters. The second kappa shape index (κ2) is 11.2. The van der Waals surface area contributed by atoms with Crippen LogP contribution in [0.1, 0.15) is 28.5 Å². The molecule has 34 heavy (non-hydrogen) atoms. The van der Waals surface area contributed by atoms with Gasteiger partial charge in [-0.1, -0.05) is 0 Å². The maximum Gasteiger partial charge on any atom is 0.304 e. The van der Waals surface area contributed by atoms with Gasteiger partial charge in [-0.25, -0.2) is 9.11 Å². The maximum absolute atomic E-state index is 13.7. The Morgan fingerprint density at radius 1 is 1.32 bits per heavy atom. The lowest BCUT2D eigenvalue weighted by Gasteiger charge is -2.25. The summed E-state index contributed by atoms with van der Waals surface area (Å²) in [4.78, 5) is 16.6. The van der Waals surface area contributed by atoms with Gasteiger partial charge in [0, 0.05) is 32.5 Å². The molecule has 13 heteroatoms. The second-order valence-corrected chi connectivity index (χ2v) is 9.39. The Kier molecular flexibility index (Phi) is 8.60. The summed E-state index contributed by atoms with van der Waals surface area (Å²) in [6.07, 6.45) is 0.00937. The number of methoxy groups -OCH3 is 1. The molecule has 0 saturated carbocycles. The van der Waals surface area contributed by atoms with Crippen LogP contribution in [0.2, 0.25) is 0 Å². The van der Waals surface area contributed by atoms with Crippen molar-refractivity contribution in [2.45, 2.75) is 33.0 Å². The number of hydrogen-bond donors (Lipinski definition) is 2. The minimum absolute atomic E-state index is 0.0222. The highest BCUT2D eigenvalue weighted by molar-refractivity contribution is 7.87. The van der Waals surface area contributed by atoms with E-state index < -0.39 is 28.3 Å². The van der Waals surface area contributed by atoms with Crippen LogP contribution in [0.3, 0.4) is 0 Å². The molecule has 0 aliphatic carbocycles. The van der Waals surface area contributed by atoms with Gasteiger partial charge in [0.2, 0.25) is 0 Å². The van der Waals surface area contributed by atoms with Gasteiger partial charge in [0.05, 0.1) is 19.3 Å². The van der Waals surface area contributed by atoms with Crippen LogP contribution in [-0.4, -0.2) is 75.8 Å². The number of carbonyl (C=O) groups excluding carboxylic acids is 1. The number of carbonyl (C=O) groups is 1. The van der Waals surface area contributed by atoms with Gasteiger partial charge in [0.15, 0.2) is 5.69 Å². The molecule has 1 aliphatic heterocycles. The Bertz CT molecular complexity index is 1110. The van der Waals surface area contributed by atoms with E-state index in [1.54, 1.807) is 19.9 Å². The number of rotatable bonds is 9. The number of aryl methyl sites for hydroxylation is 2. The molecule has 0 bridgehead atoms. The van der Waals surface area contributed by atoms with Gasteiger partial charge < -0.3 is 23.9 Å². The van der Waals surface area contributed by atoms with Crippen LogP contribution in [0, 0.1) is 19.7 Å². The number of ether oxygens (including phenoxy) is 3. The SMILES string of the molecule is CCOC[C@H]1OCCN(S(=O)(=O)NC(=O)c2coc(Nc3cc(C)c(F)cc3C)n2)C[C@@H]1OC. The Labute approximate surface area is 197 Å². The van der Waals surface area contributed by atoms with E-state index >= 15 is 0 Å². The van der Waals surface area contributed by atoms with E-state index in [1.807, 2.05) is 11.6 Å². The highest BCUT2D eigenvalue weighted by atomic mass is 32.2. The van der Waals surface area contributed by atoms with Crippen LogP contribution >= 0.6 is 0 Å². The Hall–Kier alpha value is -2.58. The van der Waals surface area contributed by atoms with E-state index in [2.05, 4.69) is 10.3 Å². The molecule has 2 aromatic rings. The van der Waals surface area contributed by atoms with E-state index in [0.717, 1.165) is 10.6 Å². The largest absolute Gasteiger partial charge is 0.431 e. The predicted molar refractivity (Wildman–Crippen MR) is 121 cm³/mol. The van der Waals surface area contributed by atoms with Gasteiger partial charge in [0.1, 0.15) is 18.2 Å². The minimum Gasteiger partial charge on any atom is -0.431 e. The molecule has 1 amide bonds.